The summed E-state index contributed by atoms with van der Waals surface area (Å²) in [7, 11) is 0. The van der Waals surface area contributed by atoms with Gasteiger partial charge in [0.15, 0.2) is 0 Å². The maximum Gasteiger partial charge on any atom is 0.458 e. The molecule has 0 aliphatic heterocycles. The second kappa shape index (κ2) is 4.16. The molecule has 0 fully saturated rings. The molecule has 0 saturated heterocycles. The lowest BCUT2D eigenvalue weighted by molar-refractivity contribution is -0.289. The average molecular weight is 253 g/mol. The van der Waals surface area contributed by atoms with Gasteiger partial charge in [-0.2, -0.15) is 22.0 Å². The lowest BCUT2D eigenvalue weighted by Gasteiger charge is -2.21. The van der Waals surface area contributed by atoms with Crippen molar-refractivity contribution >= 4 is 5.69 Å². The quantitative estimate of drug-likeness (QED) is 0.624. The van der Waals surface area contributed by atoms with E-state index >= 15 is 0 Å². The van der Waals surface area contributed by atoms with Crippen molar-refractivity contribution < 1.29 is 22.0 Å². The van der Waals surface area contributed by atoms with E-state index in [0.29, 0.717) is 6.07 Å². The van der Waals surface area contributed by atoms with Gasteiger partial charge in [0.05, 0.1) is 0 Å². The summed E-state index contributed by atoms with van der Waals surface area (Å²) in [6.07, 6.45) is -5.60. The Bertz CT molecular complexity index is 409. The van der Waals surface area contributed by atoms with Crippen LogP contribution < -0.4 is 5.73 Å². The van der Waals surface area contributed by atoms with Crippen LogP contribution in [0.3, 0.4) is 0 Å². The number of hydrogen-bond donors (Lipinski definition) is 1. The number of nitrogen functional groups attached to an aromatic ring is 1. The van der Waals surface area contributed by atoms with Crippen LogP contribution >= 0.6 is 0 Å². The van der Waals surface area contributed by atoms with E-state index in [1.165, 1.54) is 0 Å². The van der Waals surface area contributed by atoms with Crippen LogP contribution in [0.2, 0.25) is 0 Å². The zero-order valence-corrected chi connectivity index (χ0v) is 9.28. The molecule has 0 heterocycles. The van der Waals surface area contributed by atoms with Crippen molar-refractivity contribution in [1.29, 1.82) is 0 Å². The summed E-state index contributed by atoms with van der Waals surface area (Å²) in [6, 6.07) is 2.59. The highest BCUT2D eigenvalue weighted by Crippen LogP contribution is 2.44. The molecule has 6 heteroatoms. The summed E-state index contributed by atoms with van der Waals surface area (Å²) < 4.78 is 62.7. The van der Waals surface area contributed by atoms with E-state index in [2.05, 4.69) is 0 Å². The fourth-order valence-corrected chi connectivity index (χ4v) is 1.43. The minimum Gasteiger partial charge on any atom is -0.398 e. The number of rotatable bonds is 2. The molecule has 0 amide bonds. The number of alkyl halides is 5. The van der Waals surface area contributed by atoms with E-state index in [1.807, 2.05) is 0 Å². The predicted molar refractivity (Wildman–Crippen MR) is 54.9 cm³/mol. The van der Waals surface area contributed by atoms with Crippen LogP contribution in [0, 0.1) is 0 Å². The van der Waals surface area contributed by atoms with Crippen molar-refractivity contribution in [3.8, 4) is 0 Å². The topological polar surface area (TPSA) is 26.0 Å². The average Bonchev–Trinajstić information content (AvgIpc) is 2.15. The second-order valence-corrected chi connectivity index (χ2v) is 4.07. The van der Waals surface area contributed by atoms with Gasteiger partial charge in [0, 0.05) is 11.3 Å². The molecule has 0 aliphatic rings. The highest BCUT2D eigenvalue weighted by molar-refractivity contribution is 5.51. The van der Waals surface area contributed by atoms with Crippen LogP contribution in [0.5, 0.6) is 0 Å². The first-order chi connectivity index (χ1) is 7.57. The molecule has 0 bridgehead atoms. The van der Waals surface area contributed by atoms with Gasteiger partial charge in [-0.25, -0.2) is 0 Å². The van der Waals surface area contributed by atoms with Crippen LogP contribution in [0.15, 0.2) is 18.2 Å². The first-order valence-electron chi connectivity index (χ1n) is 4.91. The first-order valence-corrected chi connectivity index (χ1v) is 4.91. The Kier molecular flexibility index (Phi) is 3.36. The SMILES string of the molecule is CC(C)c1cc(C(F)(F)C(F)(F)F)ccc1N. The van der Waals surface area contributed by atoms with Crippen molar-refractivity contribution in [2.24, 2.45) is 0 Å². The molecule has 1 rings (SSSR count). The molecular weight excluding hydrogens is 241 g/mol. The fourth-order valence-electron chi connectivity index (χ4n) is 1.43. The molecule has 1 aromatic rings. The number of halogens is 5. The van der Waals surface area contributed by atoms with Crippen LogP contribution in [0.25, 0.3) is 0 Å². The second-order valence-electron chi connectivity index (χ2n) is 4.07. The Morgan fingerprint density at radius 3 is 2.00 bits per heavy atom. The van der Waals surface area contributed by atoms with Crippen molar-refractivity contribution in [3.05, 3.63) is 29.3 Å². The highest BCUT2D eigenvalue weighted by Gasteiger charge is 2.58. The molecule has 17 heavy (non-hydrogen) atoms. The van der Waals surface area contributed by atoms with Gasteiger partial charge in [-0.05, 0) is 23.6 Å². The fraction of sp³-hybridized carbons (Fsp3) is 0.455. The van der Waals surface area contributed by atoms with Crippen LogP contribution in [0.4, 0.5) is 27.6 Å². The third kappa shape index (κ3) is 2.50. The lowest BCUT2D eigenvalue weighted by Crippen LogP contribution is -2.33. The summed E-state index contributed by atoms with van der Waals surface area (Å²) >= 11 is 0. The van der Waals surface area contributed by atoms with E-state index in [4.69, 9.17) is 5.73 Å². The largest absolute Gasteiger partial charge is 0.458 e. The molecule has 2 N–H and O–H groups in total. The van der Waals surface area contributed by atoms with Gasteiger partial charge in [0.1, 0.15) is 0 Å². The molecule has 1 aromatic carbocycles. The third-order valence-corrected chi connectivity index (χ3v) is 2.43. The van der Waals surface area contributed by atoms with E-state index in [1.54, 1.807) is 13.8 Å². The number of nitrogens with two attached hydrogens (primary N) is 1. The number of benzene rings is 1. The molecule has 0 unspecified atom stereocenters. The Morgan fingerprint density at radius 2 is 1.59 bits per heavy atom. The molecule has 0 spiro atoms. The lowest BCUT2D eigenvalue weighted by atomic mass is 9.96. The zero-order valence-electron chi connectivity index (χ0n) is 9.28. The van der Waals surface area contributed by atoms with Crippen molar-refractivity contribution in [2.75, 3.05) is 5.73 Å². The highest BCUT2D eigenvalue weighted by atomic mass is 19.4. The molecule has 1 nitrogen and oxygen atoms in total. The predicted octanol–water partition coefficient (Wildman–Crippen LogP) is 4.05. The summed E-state index contributed by atoms with van der Waals surface area (Å²) in [4.78, 5) is 0. The van der Waals surface area contributed by atoms with E-state index < -0.39 is 17.7 Å². The molecule has 0 aromatic heterocycles. The van der Waals surface area contributed by atoms with Gasteiger partial charge in [-0.1, -0.05) is 19.9 Å². The Labute approximate surface area is 95.4 Å². The number of hydrogen-bond acceptors (Lipinski definition) is 1. The van der Waals surface area contributed by atoms with Crippen LogP contribution in [-0.2, 0) is 5.92 Å². The van der Waals surface area contributed by atoms with E-state index in [0.717, 1.165) is 12.1 Å². The molecule has 96 valence electrons. The van der Waals surface area contributed by atoms with Gasteiger partial charge >= 0.3 is 12.1 Å². The summed E-state index contributed by atoms with van der Waals surface area (Å²) in [5.74, 6) is -5.08. The maximum atomic E-state index is 13.1. The van der Waals surface area contributed by atoms with Crippen molar-refractivity contribution in [1.82, 2.24) is 0 Å². The molecule has 0 atom stereocenters. The van der Waals surface area contributed by atoms with Gasteiger partial charge < -0.3 is 5.73 Å². The first kappa shape index (κ1) is 13.7. The van der Waals surface area contributed by atoms with Crippen molar-refractivity contribution in [2.45, 2.75) is 31.9 Å². The minimum absolute atomic E-state index is 0.210. The monoisotopic (exact) mass is 253 g/mol. The standard InChI is InChI=1S/C11H12F5N/c1-6(2)8-5-7(3-4-9(8)17)10(12,13)11(14,15)16/h3-6H,17H2,1-2H3. The van der Waals surface area contributed by atoms with Crippen LogP contribution in [-0.4, -0.2) is 6.18 Å². The number of anilines is 1. The van der Waals surface area contributed by atoms with Gasteiger partial charge in [0.25, 0.3) is 0 Å². The van der Waals surface area contributed by atoms with Crippen LogP contribution in [0.1, 0.15) is 30.9 Å². The molecule has 0 aliphatic carbocycles. The molecule has 0 radical (unpaired) electrons. The summed E-state index contributed by atoms with van der Waals surface area (Å²) in [6.45, 7) is 3.34. The minimum atomic E-state index is -5.60. The molecular formula is C11H12F5N. The van der Waals surface area contributed by atoms with Crippen molar-refractivity contribution in [3.63, 3.8) is 0 Å². The Balaban J connectivity index is 3.30. The maximum absolute atomic E-state index is 13.1. The van der Waals surface area contributed by atoms with E-state index in [-0.39, 0.29) is 17.2 Å². The van der Waals surface area contributed by atoms with Gasteiger partial charge in [-0.15, -0.1) is 0 Å². The Morgan fingerprint density at radius 1 is 1.06 bits per heavy atom. The zero-order chi connectivity index (χ0) is 13.4. The molecule has 0 saturated carbocycles. The summed E-state index contributed by atoms with van der Waals surface area (Å²) in [5, 5.41) is 0. The normalized spacial score (nSPS) is 13.2. The van der Waals surface area contributed by atoms with E-state index in [9.17, 15) is 22.0 Å². The van der Waals surface area contributed by atoms with Gasteiger partial charge in [-0.3, -0.25) is 0 Å². The smallest absolute Gasteiger partial charge is 0.398 e. The Hall–Kier alpha value is -1.33. The third-order valence-electron chi connectivity index (χ3n) is 2.43. The van der Waals surface area contributed by atoms with Gasteiger partial charge in [0.2, 0.25) is 0 Å². The summed E-state index contributed by atoms with van der Waals surface area (Å²) in [5.41, 5.74) is 4.93.